The van der Waals surface area contributed by atoms with Crippen LogP contribution in [0.15, 0.2) is 24.3 Å². The van der Waals surface area contributed by atoms with Gasteiger partial charge >= 0.3 is 0 Å². The highest BCUT2D eigenvalue weighted by Gasteiger charge is 2.23. The smallest absolute Gasteiger partial charge is 0.142 e. The van der Waals surface area contributed by atoms with Crippen molar-refractivity contribution in [3.05, 3.63) is 24.3 Å². The minimum atomic E-state index is 0.239. The molecule has 19 heavy (non-hydrogen) atoms. The molecule has 0 radical (unpaired) electrons. The number of ether oxygens (including phenoxy) is 1. The maximum absolute atomic E-state index is 9.09. The Morgan fingerprint density at radius 2 is 2.05 bits per heavy atom. The quantitative estimate of drug-likeness (QED) is 0.556. The van der Waals surface area contributed by atoms with Crippen molar-refractivity contribution >= 4 is 5.69 Å². The third-order valence-electron chi connectivity index (χ3n) is 3.74. The van der Waals surface area contributed by atoms with Gasteiger partial charge in [0.15, 0.2) is 0 Å². The van der Waals surface area contributed by atoms with Crippen molar-refractivity contribution in [1.82, 2.24) is 4.90 Å². The first-order valence-corrected chi connectivity index (χ1v) is 7.13. The molecule has 0 bridgehead atoms. The average molecular weight is 264 g/mol. The van der Waals surface area contributed by atoms with Gasteiger partial charge in [0.25, 0.3) is 0 Å². The van der Waals surface area contributed by atoms with Gasteiger partial charge < -0.3 is 15.6 Å². The molecule has 1 saturated carbocycles. The SMILES string of the molecule is Nc1ccccc1OCCCN(CCO)C1CCC1. The van der Waals surface area contributed by atoms with E-state index in [-0.39, 0.29) is 6.61 Å². The van der Waals surface area contributed by atoms with Gasteiger partial charge in [0.05, 0.1) is 18.9 Å². The summed E-state index contributed by atoms with van der Waals surface area (Å²) in [6, 6.07) is 8.25. The van der Waals surface area contributed by atoms with Gasteiger partial charge in [-0.25, -0.2) is 0 Å². The first-order valence-electron chi connectivity index (χ1n) is 7.13. The second-order valence-corrected chi connectivity index (χ2v) is 5.08. The number of rotatable bonds is 8. The Hall–Kier alpha value is -1.26. The van der Waals surface area contributed by atoms with E-state index in [1.165, 1.54) is 19.3 Å². The van der Waals surface area contributed by atoms with Crippen LogP contribution < -0.4 is 10.5 Å². The summed E-state index contributed by atoms with van der Waals surface area (Å²) in [6.07, 6.45) is 4.83. The van der Waals surface area contributed by atoms with Crippen LogP contribution in [0.25, 0.3) is 0 Å². The molecule has 4 heteroatoms. The molecular formula is C15H24N2O2. The lowest BCUT2D eigenvalue weighted by atomic mass is 9.91. The number of para-hydroxylation sites is 2. The number of anilines is 1. The van der Waals surface area contributed by atoms with Crippen molar-refractivity contribution in [3.8, 4) is 5.75 Å². The van der Waals surface area contributed by atoms with E-state index >= 15 is 0 Å². The molecule has 2 rings (SSSR count). The topological polar surface area (TPSA) is 58.7 Å². The van der Waals surface area contributed by atoms with Crippen LogP contribution in [-0.4, -0.2) is 42.4 Å². The normalized spacial score (nSPS) is 15.5. The molecule has 0 unspecified atom stereocenters. The Kier molecular flexibility index (Phi) is 5.48. The zero-order chi connectivity index (χ0) is 13.5. The van der Waals surface area contributed by atoms with E-state index in [4.69, 9.17) is 15.6 Å². The molecule has 0 saturated heterocycles. The van der Waals surface area contributed by atoms with Crippen LogP contribution >= 0.6 is 0 Å². The van der Waals surface area contributed by atoms with E-state index in [0.29, 0.717) is 18.3 Å². The largest absolute Gasteiger partial charge is 0.491 e. The molecule has 1 fully saturated rings. The van der Waals surface area contributed by atoms with Gasteiger partial charge in [-0.05, 0) is 31.4 Å². The fourth-order valence-corrected chi connectivity index (χ4v) is 2.42. The molecule has 106 valence electrons. The molecular weight excluding hydrogens is 240 g/mol. The molecule has 0 aromatic heterocycles. The molecule has 4 nitrogen and oxygen atoms in total. The van der Waals surface area contributed by atoms with Crippen molar-refractivity contribution in [2.75, 3.05) is 32.0 Å². The minimum Gasteiger partial charge on any atom is -0.491 e. The minimum absolute atomic E-state index is 0.239. The summed E-state index contributed by atoms with van der Waals surface area (Å²) in [5.74, 6) is 0.764. The summed E-state index contributed by atoms with van der Waals surface area (Å²) in [5.41, 5.74) is 6.51. The number of nitrogens with zero attached hydrogens (tertiary/aromatic N) is 1. The van der Waals surface area contributed by atoms with E-state index in [9.17, 15) is 0 Å². The Bertz CT molecular complexity index is 380. The highest BCUT2D eigenvalue weighted by atomic mass is 16.5. The molecule has 0 atom stereocenters. The first-order chi connectivity index (χ1) is 9.31. The van der Waals surface area contributed by atoms with E-state index in [2.05, 4.69) is 4.90 Å². The monoisotopic (exact) mass is 264 g/mol. The molecule has 3 N–H and O–H groups in total. The van der Waals surface area contributed by atoms with Crippen LogP contribution in [0, 0.1) is 0 Å². The summed E-state index contributed by atoms with van der Waals surface area (Å²) in [6.45, 7) is 2.67. The van der Waals surface area contributed by atoms with Gasteiger partial charge in [0.2, 0.25) is 0 Å². The number of nitrogen functional groups attached to an aromatic ring is 1. The number of benzene rings is 1. The predicted molar refractivity (Wildman–Crippen MR) is 77.3 cm³/mol. The van der Waals surface area contributed by atoms with E-state index in [1.54, 1.807) is 0 Å². The van der Waals surface area contributed by atoms with Gasteiger partial charge in [-0.1, -0.05) is 18.6 Å². The lowest BCUT2D eigenvalue weighted by Gasteiger charge is -2.37. The van der Waals surface area contributed by atoms with Crippen LogP contribution in [-0.2, 0) is 0 Å². The van der Waals surface area contributed by atoms with Crippen LogP contribution in [0.3, 0.4) is 0 Å². The Morgan fingerprint density at radius 3 is 2.68 bits per heavy atom. The molecule has 0 aliphatic heterocycles. The third-order valence-corrected chi connectivity index (χ3v) is 3.74. The zero-order valence-electron chi connectivity index (χ0n) is 11.4. The van der Waals surface area contributed by atoms with Crippen molar-refractivity contribution in [2.45, 2.75) is 31.7 Å². The molecule has 1 aromatic rings. The number of hydrogen-bond acceptors (Lipinski definition) is 4. The maximum atomic E-state index is 9.09. The van der Waals surface area contributed by atoms with Crippen molar-refractivity contribution < 1.29 is 9.84 Å². The molecule has 1 aromatic carbocycles. The number of hydrogen-bond donors (Lipinski definition) is 2. The summed E-state index contributed by atoms with van der Waals surface area (Å²) in [5, 5.41) is 9.09. The molecule has 0 spiro atoms. The van der Waals surface area contributed by atoms with Crippen molar-refractivity contribution in [2.24, 2.45) is 0 Å². The van der Waals surface area contributed by atoms with Gasteiger partial charge in [-0.3, -0.25) is 4.90 Å². The van der Waals surface area contributed by atoms with Crippen molar-refractivity contribution in [3.63, 3.8) is 0 Å². The van der Waals surface area contributed by atoms with Crippen LogP contribution in [0.5, 0.6) is 5.75 Å². The molecule has 1 aliphatic rings. The molecule has 0 heterocycles. The summed E-state index contributed by atoms with van der Waals surface area (Å²) < 4.78 is 5.68. The van der Waals surface area contributed by atoms with Crippen LogP contribution in [0.1, 0.15) is 25.7 Å². The highest BCUT2D eigenvalue weighted by Crippen LogP contribution is 2.25. The van der Waals surface area contributed by atoms with Crippen LogP contribution in [0.2, 0.25) is 0 Å². The lowest BCUT2D eigenvalue weighted by molar-refractivity contribution is 0.0952. The molecule has 0 amide bonds. The zero-order valence-corrected chi connectivity index (χ0v) is 11.4. The van der Waals surface area contributed by atoms with Gasteiger partial charge in [-0.15, -0.1) is 0 Å². The second kappa shape index (κ2) is 7.36. The Balaban J connectivity index is 1.69. The third kappa shape index (κ3) is 4.11. The van der Waals surface area contributed by atoms with E-state index < -0.39 is 0 Å². The summed E-state index contributed by atoms with van der Waals surface area (Å²) >= 11 is 0. The second-order valence-electron chi connectivity index (χ2n) is 5.08. The van der Waals surface area contributed by atoms with Gasteiger partial charge in [0, 0.05) is 19.1 Å². The summed E-state index contributed by atoms with van der Waals surface area (Å²) in [7, 11) is 0. The fraction of sp³-hybridized carbons (Fsp3) is 0.600. The van der Waals surface area contributed by atoms with Gasteiger partial charge in [0.1, 0.15) is 5.75 Å². The summed E-state index contributed by atoms with van der Waals surface area (Å²) in [4.78, 5) is 2.38. The van der Waals surface area contributed by atoms with Crippen molar-refractivity contribution in [1.29, 1.82) is 0 Å². The average Bonchev–Trinajstić information content (AvgIpc) is 2.34. The standard InChI is InChI=1S/C15H24N2O2/c16-14-7-1-2-8-15(14)19-12-4-9-17(10-11-18)13-5-3-6-13/h1-2,7-8,13,18H,3-6,9-12,16H2. The lowest BCUT2D eigenvalue weighted by Crippen LogP contribution is -2.42. The van der Waals surface area contributed by atoms with E-state index in [0.717, 1.165) is 25.3 Å². The molecule has 1 aliphatic carbocycles. The Morgan fingerprint density at radius 1 is 1.26 bits per heavy atom. The Labute approximate surface area is 115 Å². The number of aliphatic hydroxyl groups excluding tert-OH is 1. The number of nitrogens with two attached hydrogens (primary N) is 1. The highest BCUT2D eigenvalue weighted by molar-refractivity contribution is 5.51. The van der Waals surface area contributed by atoms with Crippen LogP contribution in [0.4, 0.5) is 5.69 Å². The first kappa shape index (κ1) is 14.2. The van der Waals surface area contributed by atoms with Gasteiger partial charge in [-0.2, -0.15) is 0 Å². The fourth-order valence-electron chi connectivity index (χ4n) is 2.42. The predicted octanol–water partition coefficient (Wildman–Crippen LogP) is 1.88. The van der Waals surface area contributed by atoms with E-state index in [1.807, 2.05) is 24.3 Å². The number of aliphatic hydroxyl groups is 1. The maximum Gasteiger partial charge on any atom is 0.142 e.